The Morgan fingerprint density at radius 2 is 1.05 bits per heavy atom. The highest BCUT2D eigenvalue weighted by Gasteiger charge is 2.44. The predicted octanol–water partition coefficient (Wildman–Crippen LogP) is 10.1. The van der Waals surface area contributed by atoms with Crippen molar-refractivity contribution in [1.82, 2.24) is 5.32 Å². The first-order chi connectivity index (χ1) is 29.3. The molecule has 0 aliphatic carbocycles. The highest BCUT2D eigenvalue weighted by atomic mass is 16.7. The van der Waals surface area contributed by atoms with Gasteiger partial charge in [0.2, 0.25) is 5.91 Å². The fourth-order valence-electron chi connectivity index (χ4n) is 6.64. The van der Waals surface area contributed by atoms with Crippen LogP contribution in [0.5, 0.6) is 0 Å². The molecule has 0 bridgehead atoms. The predicted molar refractivity (Wildman–Crippen MR) is 248 cm³/mol. The topological polar surface area (TPSA) is 149 Å². The van der Waals surface area contributed by atoms with Gasteiger partial charge in [-0.1, -0.05) is 169 Å². The lowest BCUT2D eigenvalue weighted by Crippen LogP contribution is -2.60. The van der Waals surface area contributed by atoms with Crippen molar-refractivity contribution < 1.29 is 39.8 Å². The van der Waals surface area contributed by atoms with Crippen molar-refractivity contribution >= 4 is 5.91 Å². The summed E-state index contributed by atoms with van der Waals surface area (Å²) in [5, 5.41) is 54.2. The van der Waals surface area contributed by atoms with Crippen molar-refractivity contribution in [3.05, 3.63) is 97.2 Å². The number of allylic oxidation sites excluding steroid dienone is 15. The molecule has 9 nitrogen and oxygen atoms in total. The van der Waals surface area contributed by atoms with Crippen LogP contribution in [0.2, 0.25) is 0 Å². The van der Waals surface area contributed by atoms with Crippen LogP contribution < -0.4 is 5.32 Å². The van der Waals surface area contributed by atoms with Gasteiger partial charge in [0, 0.05) is 6.42 Å². The minimum absolute atomic E-state index is 0.225. The quantitative estimate of drug-likeness (QED) is 0.0268. The molecule has 1 amide bonds. The van der Waals surface area contributed by atoms with Gasteiger partial charge in [-0.2, -0.15) is 0 Å². The van der Waals surface area contributed by atoms with Gasteiger partial charge in [0.15, 0.2) is 6.29 Å². The monoisotopic (exact) mass is 840 g/mol. The summed E-state index contributed by atoms with van der Waals surface area (Å²) in [5.41, 5.74) is 0. The van der Waals surface area contributed by atoms with Crippen LogP contribution in [-0.2, 0) is 14.3 Å². The van der Waals surface area contributed by atoms with Gasteiger partial charge in [0.1, 0.15) is 24.4 Å². The zero-order valence-electron chi connectivity index (χ0n) is 37.4. The lowest BCUT2D eigenvalue weighted by molar-refractivity contribution is -0.302. The fraction of sp³-hybridized carbons (Fsp3) is 0.667. The number of nitrogens with one attached hydrogen (secondary N) is 1. The number of amides is 1. The standard InChI is InChI=1S/C51H85NO8/c1-3-5-7-9-11-13-15-17-19-21-22-23-24-25-27-29-31-33-35-37-39-41-47(55)52-44(43-59-51-50(58)49(57)48(56)46(42-53)60-51)45(54)40-38-36-34-32-30-28-26-20-18-16-14-12-10-8-6-4-2/h5,7,11,13,17,19,22-23,25,27,30-33,38,40,44-46,48-51,53-54,56-58H,3-4,6,8-10,12,14-16,18,20-21,24,26,28-29,34-37,39,41-43H2,1-2H3,(H,52,55)/b7-5-,13-11-,19-17-,23-22-,27-25-,32-30+,33-31-,40-38+. The minimum atomic E-state index is -1.59. The van der Waals surface area contributed by atoms with E-state index in [0.29, 0.717) is 6.42 Å². The highest BCUT2D eigenvalue weighted by molar-refractivity contribution is 5.76. The number of hydrogen-bond donors (Lipinski definition) is 6. The molecule has 7 atom stereocenters. The zero-order chi connectivity index (χ0) is 43.7. The first-order valence-corrected chi connectivity index (χ1v) is 23.5. The molecule has 6 N–H and O–H groups in total. The Labute approximate surface area is 364 Å². The maximum absolute atomic E-state index is 13.0. The first-order valence-electron chi connectivity index (χ1n) is 23.5. The van der Waals surface area contributed by atoms with E-state index in [-0.39, 0.29) is 18.9 Å². The normalized spacial score (nSPS) is 21.5. The van der Waals surface area contributed by atoms with Gasteiger partial charge >= 0.3 is 0 Å². The molecule has 1 saturated heterocycles. The van der Waals surface area contributed by atoms with Crippen LogP contribution in [0.1, 0.15) is 162 Å². The molecule has 1 fully saturated rings. The van der Waals surface area contributed by atoms with Gasteiger partial charge in [-0.15, -0.1) is 0 Å². The summed E-state index contributed by atoms with van der Waals surface area (Å²) in [6.07, 6.45) is 50.2. The molecular weight excluding hydrogens is 755 g/mol. The average Bonchev–Trinajstić information content (AvgIpc) is 3.25. The van der Waals surface area contributed by atoms with Crippen LogP contribution in [0.3, 0.4) is 0 Å². The number of carbonyl (C=O) groups excluding carboxylic acids is 1. The number of carbonyl (C=O) groups is 1. The van der Waals surface area contributed by atoms with Crippen LogP contribution in [-0.4, -0.2) is 87.5 Å². The number of unbranched alkanes of at least 4 members (excludes halogenated alkanes) is 13. The van der Waals surface area contributed by atoms with E-state index in [1.807, 2.05) is 6.08 Å². The Morgan fingerprint density at radius 1 is 0.583 bits per heavy atom. The second-order valence-corrected chi connectivity index (χ2v) is 15.8. The highest BCUT2D eigenvalue weighted by Crippen LogP contribution is 2.22. The van der Waals surface area contributed by atoms with Crippen molar-refractivity contribution in [2.75, 3.05) is 13.2 Å². The second kappa shape index (κ2) is 40.2. The van der Waals surface area contributed by atoms with E-state index in [2.05, 4.69) is 104 Å². The third kappa shape index (κ3) is 30.2. The number of rotatable bonds is 37. The Bertz CT molecular complexity index is 1250. The molecule has 0 aromatic rings. The van der Waals surface area contributed by atoms with Crippen LogP contribution in [0.25, 0.3) is 0 Å². The maximum atomic E-state index is 13.0. The molecule has 342 valence electrons. The molecule has 0 spiro atoms. The van der Waals surface area contributed by atoms with Gasteiger partial charge in [-0.3, -0.25) is 4.79 Å². The van der Waals surface area contributed by atoms with Crippen molar-refractivity contribution in [3.63, 3.8) is 0 Å². The van der Waals surface area contributed by atoms with E-state index in [1.54, 1.807) is 6.08 Å². The number of aliphatic hydroxyl groups excluding tert-OH is 5. The summed E-state index contributed by atoms with van der Waals surface area (Å²) in [7, 11) is 0. The van der Waals surface area contributed by atoms with Crippen LogP contribution in [0.4, 0.5) is 0 Å². The Hall–Kier alpha value is -2.89. The lowest BCUT2D eigenvalue weighted by atomic mass is 9.99. The van der Waals surface area contributed by atoms with E-state index in [0.717, 1.165) is 70.6 Å². The average molecular weight is 840 g/mol. The van der Waals surface area contributed by atoms with Gasteiger partial charge in [-0.05, 0) is 83.5 Å². The molecule has 0 aromatic heterocycles. The summed E-state index contributed by atoms with van der Waals surface area (Å²) >= 11 is 0. The Morgan fingerprint density at radius 3 is 1.60 bits per heavy atom. The van der Waals surface area contributed by atoms with Crippen molar-refractivity contribution in [1.29, 1.82) is 0 Å². The van der Waals surface area contributed by atoms with E-state index in [4.69, 9.17) is 9.47 Å². The zero-order valence-corrected chi connectivity index (χ0v) is 37.4. The molecule has 7 unspecified atom stereocenters. The van der Waals surface area contributed by atoms with Gasteiger partial charge < -0.3 is 40.3 Å². The molecule has 1 aliphatic heterocycles. The third-order valence-corrected chi connectivity index (χ3v) is 10.4. The Balaban J connectivity index is 2.43. The van der Waals surface area contributed by atoms with Crippen LogP contribution in [0.15, 0.2) is 97.2 Å². The second-order valence-electron chi connectivity index (χ2n) is 15.8. The lowest BCUT2D eigenvalue weighted by Gasteiger charge is -2.40. The van der Waals surface area contributed by atoms with Gasteiger partial charge in [0.25, 0.3) is 0 Å². The van der Waals surface area contributed by atoms with E-state index in [9.17, 15) is 30.3 Å². The number of ether oxygens (including phenoxy) is 2. The first kappa shape index (κ1) is 55.1. The van der Waals surface area contributed by atoms with E-state index < -0.39 is 49.5 Å². The van der Waals surface area contributed by atoms with Gasteiger partial charge in [-0.25, -0.2) is 0 Å². The summed E-state index contributed by atoms with van der Waals surface area (Å²) < 4.78 is 11.2. The molecule has 0 saturated carbocycles. The van der Waals surface area contributed by atoms with Crippen molar-refractivity contribution in [2.24, 2.45) is 0 Å². The molecule has 0 aromatic carbocycles. The molecule has 0 radical (unpaired) electrons. The smallest absolute Gasteiger partial charge is 0.220 e. The fourth-order valence-corrected chi connectivity index (χ4v) is 6.64. The minimum Gasteiger partial charge on any atom is -0.394 e. The summed E-state index contributed by atoms with van der Waals surface area (Å²) in [6.45, 7) is 3.59. The van der Waals surface area contributed by atoms with Crippen LogP contribution in [0, 0.1) is 0 Å². The largest absolute Gasteiger partial charge is 0.394 e. The molecule has 1 aliphatic rings. The van der Waals surface area contributed by atoms with E-state index in [1.165, 1.54) is 64.2 Å². The number of hydrogen-bond acceptors (Lipinski definition) is 8. The van der Waals surface area contributed by atoms with E-state index >= 15 is 0 Å². The molecular formula is C51H85NO8. The third-order valence-electron chi connectivity index (χ3n) is 10.4. The maximum Gasteiger partial charge on any atom is 0.220 e. The summed E-state index contributed by atoms with van der Waals surface area (Å²) in [5.74, 6) is -0.234. The molecule has 1 heterocycles. The number of aliphatic hydroxyl groups is 5. The van der Waals surface area contributed by atoms with Crippen LogP contribution >= 0.6 is 0 Å². The molecule has 1 rings (SSSR count). The SMILES string of the molecule is CC/C=C\C/C=C\C/C=C\C/C=C\C/C=C\C/C=C\CCCCC(=O)NC(COC1OC(CO)C(O)C(O)C1O)C(O)/C=C/CC/C=C/CCCCCCCCCCCC. The molecule has 9 heteroatoms. The van der Waals surface area contributed by atoms with Crippen molar-refractivity contribution in [3.8, 4) is 0 Å². The Kier molecular flexibility index (Phi) is 36.9. The summed E-state index contributed by atoms with van der Waals surface area (Å²) in [6, 6.07) is -0.851. The molecule has 60 heavy (non-hydrogen) atoms. The van der Waals surface area contributed by atoms with Gasteiger partial charge in [0.05, 0.1) is 25.4 Å². The van der Waals surface area contributed by atoms with Crippen molar-refractivity contribution in [2.45, 2.75) is 204 Å². The summed E-state index contributed by atoms with van der Waals surface area (Å²) in [4.78, 5) is 13.0.